The molecule has 0 spiro atoms. The smallest absolute Gasteiger partial charge is 0.242 e. The van der Waals surface area contributed by atoms with Gasteiger partial charge in [0.15, 0.2) is 0 Å². The van der Waals surface area contributed by atoms with Crippen LogP contribution < -0.4 is 0 Å². The fourth-order valence-corrected chi connectivity index (χ4v) is 2.68. The lowest BCUT2D eigenvalue weighted by Gasteiger charge is -2.28. The van der Waals surface area contributed by atoms with Crippen LogP contribution in [0.5, 0.6) is 0 Å². The standard InChI is InChI=1S/C10H17N3OS/c1-11-2-3-12(9-11)8-10(14)13-4-6-15-7-5-13/h2-3H,4-9H2,1H3. The summed E-state index contributed by atoms with van der Waals surface area (Å²) in [5.74, 6) is 2.43. The highest BCUT2D eigenvalue weighted by molar-refractivity contribution is 7.99. The lowest BCUT2D eigenvalue weighted by Crippen LogP contribution is -2.43. The van der Waals surface area contributed by atoms with Crippen LogP contribution in [0.4, 0.5) is 0 Å². The number of amides is 1. The lowest BCUT2D eigenvalue weighted by atomic mass is 10.4. The van der Waals surface area contributed by atoms with E-state index < -0.39 is 0 Å². The van der Waals surface area contributed by atoms with Gasteiger partial charge in [-0.2, -0.15) is 11.8 Å². The first-order valence-electron chi connectivity index (χ1n) is 5.24. The van der Waals surface area contributed by atoms with Crippen LogP contribution in [-0.2, 0) is 4.79 Å². The van der Waals surface area contributed by atoms with Crippen molar-refractivity contribution in [1.29, 1.82) is 0 Å². The predicted molar refractivity (Wildman–Crippen MR) is 62.4 cm³/mol. The Hall–Kier alpha value is -0.840. The van der Waals surface area contributed by atoms with Crippen LogP contribution in [0.1, 0.15) is 0 Å². The van der Waals surface area contributed by atoms with Crippen LogP contribution in [0.25, 0.3) is 0 Å². The second-order valence-electron chi connectivity index (χ2n) is 3.94. The van der Waals surface area contributed by atoms with Crippen molar-refractivity contribution < 1.29 is 4.79 Å². The van der Waals surface area contributed by atoms with Gasteiger partial charge in [0.2, 0.25) is 5.91 Å². The third-order valence-electron chi connectivity index (χ3n) is 2.64. The van der Waals surface area contributed by atoms with E-state index in [1.54, 1.807) is 0 Å². The molecule has 0 aromatic heterocycles. The van der Waals surface area contributed by atoms with E-state index in [1.165, 1.54) is 0 Å². The Balaban J connectivity index is 1.78. The highest BCUT2D eigenvalue weighted by atomic mass is 32.2. The second kappa shape index (κ2) is 4.79. The van der Waals surface area contributed by atoms with Crippen LogP contribution in [-0.4, -0.2) is 65.5 Å². The molecule has 2 rings (SSSR count). The molecule has 1 saturated heterocycles. The molecule has 84 valence electrons. The molecule has 1 amide bonds. The number of carbonyl (C=O) groups is 1. The molecule has 0 atom stereocenters. The normalized spacial score (nSPS) is 21.3. The van der Waals surface area contributed by atoms with E-state index in [0.29, 0.717) is 6.54 Å². The van der Waals surface area contributed by atoms with Gasteiger partial charge in [0.1, 0.15) is 0 Å². The first kappa shape index (κ1) is 10.7. The van der Waals surface area contributed by atoms with Gasteiger partial charge in [0.25, 0.3) is 0 Å². The van der Waals surface area contributed by atoms with Gasteiger partial charge in [-0.3, -0.25) is 4.79 Å². The number of nitrogens with zero attached hydrogens (tertiary/aromatic N) is 3. The number of hydrogen-bond donors (Lipinski definition) is 0. The van der Waals surface area contributed by atoms with Crippen molar-refractivity contribution >= 4 is 17.7 Å². The molecule has 1 fully saturated rings. The Bertz CT molecular complexity index is 263. The third-order valence-corrected chi connectivity index (χ3v) is 3.58. The van der Waals surface area contributed by atoms with Crippen molar-refractivity contribution in [2.24, 2.45) is 0 Å². The lowest BCUT2D eigenvalue weighted by molar-refractivity contribution is -0.131. The van der Waals surface area contributed by atoms with Crippen molar-refractivity contribution in [3.63, 3.8) is 0 Å². The maximum Gasteiger partial charge on any atom is 0.242 e. The molecule has 0 saturated carbocycles. The first-order chi connectivity index (χ1) is 7.25. The Kier molecular flexibility index (Phi) is 3.41. The summed E-state index contributed by atoms with van der Waals surface area (Å²) in [5.41, 5.74) is 0. The van der Waals surface area contributed by atoms with E-state index in [-0.39, 0.29) is 5.91 Å². The first-order valence-corrected chi connectivity index (χ1v) is 6.39. The average molecular weight is 227 g/mol. The predicted octanol–water partition coefficient (Wildman–Crippen LogP) is 0.238. The Morgan fingerprint density at radius 3 is 2.67 bits per heavy atom. The molecule has 0 radical (unpaired) electrons. The van der Waals surface area contributed by atoms with E-state index in [9.17, 15) is 4.79 Å². The molecule has 0 unspecified atom stereocenters. The molecular weight excluding hydrogens is 210 g/mol. The topological polar surface area (TPSA) is 26.8 Å². The summed E-state index contributed by atoms with van der Waals surface area (Å²) in [4.78, 5) is 18.0. The molecule has 0 N–H and O–H groups in total. The number of carbonyl (C=O) groups excluding carboxylic acids is 1. The molecule has 0 aliphatic carbocycles. The molecule has 2 aliphatic rings. The molecule has 0 bridgehead atoms. The average Bonchev–Trinajstić information content (AvgIpc) is 2.65. The van der Waals surface area contributed by atoms with Gasteiger partial charge < -0.3 is 14.7 Å². The summed E-state index contributed by atoms with van der Waals surface area (Å²) in [6.45, 7) is 3.17. The maximum atomic E-state index is 11.9. The van der Waals surface area contributed by atoms with Crippen LogP contribution in [0.3, 0.4) is 0 Å². The summed E-state index contributed by atoms with van der Waals surface area (Å²) >= 11 is 1.93. The maximum absolute atomic E-state index is 11.9. The molecule has 0 aromatic rings. The fourth-order valence-electron chi connectivity index (χ4n) is 1.78. The van der Waals surface area contributed by atoms with Crippen molar-refractivity contribution in [2.45, 2.75) is 0 Å². The van der Waals surface area contributed by atoms with Crippen LogP contribution in [0.2, 0.25) is 0 Å². The van der Waals surface area contributed by atoms with E-state index in [2.05, 4.69) is 4.90 Å². The highest BCUT2D eigenvalue weighted by Gasteiger charge is 2.19. The van der Waals surface area contributed by atoms with Crippen molar-refractivity contribution in [3.05, 3.63) is 12.4 Å². The van der Waals surface area contributed by atoms with Gasteiger partial charge in [-0.05, 0) is 0 Å². The minimum atomic E-state index is 0.259. The minimum Gasteiger partial charge on any atom is -0.362 e. The second-order valence-corrected chi connectivity index (χ2v) is 5.16. The van der Waals surface area contributed by atoms with E-state index >= 15 is 0 Å². The highest BCUT2D eigenvalue weighted by Crippen LogP contribution is 2.10. The van der Waals surface area contributed by atoms with Gasteiger partial charge in [-0.25, -0.2) is 0 Å². The van der Waals surface area contributed by atoms with Crippen LogP contribution in [0.15, 0.2) is 12.4 Å². The Morgan fingerprint density at radius 1 is 1.33 bits per heavy atom. The SMILES string of the molecule is CN1C=CN(CC(=O)N2CCSCC2)C1. The summed E-state index contributed by atoms with van der Waals surface area (Å²) in [6.07, 6.45) is 3.98. The van der Waals surface area contributed by atoms with Crippen LogP contribution >= 0.6 is 11.8 Å². The molecule has 4 nitrogen and oxygen atoms in total. The zero-order valence-electron chi connectivity index (χ0n) is 9.06. The van der Waals surface area contributed by atoms with Gasteiger partial charge in [-0.15, -0.1) is 0 Å². The monoisotopic (exact) mass is 227 g/mol. The van der Waals surface area contributed by atoms with Crippen LogP contribution in [0, 0.1) is 0 Å². The van der Waals surface area contributed by atoms with Crippen molar-refractivity contribution in [2.75, 3.05) is 44.9 Å². The quantitative estimate of drug-likeness (QED) is 0.675. The molecular formula is C10H17N3OS. The van der Waals surface area contributed by atoms with E-state index in [0.717, 1.165) is 31.3 Å². The van der Waals surface area contributed by atoms with E-state index in [4.69, 9.17) is 0 Å². The zero-order valence-corrected chi connectivity index (χ0v) is 9.87. The van der Waals surface area contributed by atoms with Gasteiger partial charge in [0.05, 0.1) is 13.2 Å². The molecule has 2 aliphatic heterocycles. The van der Waals surface area contributed by atoms with Crippen molar-refractivity contribution in [3.8, 4) is 0 Å². The summed E-state index contributed by atoms with van der Waals surface area (Å²) in [6, 6.07) is 0. The fraction of sp³-hybridized carbons (Fsp3) is 0.700. The van der Waals surface area contributed by atoms with Gasteiger partial charge >= 0.3 is 0 Å². The third kappa shape index (κ3) is 2.81. The Morgan fingerprint density at radius 2 is 2.07 bits per heavy atom. The molecule has 15 heavy (non-hydrogen) atoms. The van der Waals surface area contributed by atoms with Crippen molar-refractivity contribution in [1.82, 2.24) is 14.7 Å². The molecule has 0 aromatic carbocycles. The molecule has 2 heterocycles. The summed E-state index contributed by atoms with van der Waals surface area (Å²) in [7, 11) is 2.01. The van der Waals surface area contributed by atoms with E-state index in [1.807, 2.05) is 41.0 Å². The zero-order chi connectivity index (χ0) is 10.7. The number of thioether (sulfide) groups is 1. The summed E-state index contributed by atoms with van der Waals surface area (Å²) in [5, 5.41) is 0. The Labute approximate surface area is 94.9 Å². The minimum absolute atomic E-state index is 0.259. The summed E-state index contributed by atoms with van der Waals surface area (Å²) < 4.78 is 0. The van der Waals surface area contributed by atoms with Gasteiger partial charge in [0, 0.05) is 44.0 Å². The number of hydrogen-bond acceptors (Lipinski definition) is 4. The number of rotatable bonds is 2. The molecule has 5 heteroatoms. The van der Waals surface area contributed by atoms with Gasteiger partial charge in [-0.1, -0.05) is 0 Å². The largest absolute Gasteiger partial charge is 0.362 e.